The zero-order chi connectivity index (χ0) is 22.9. The van der Waals surface area contributed by atoms with Crippen LogP contribution < -0.4 is 10.6 Å². The topological polar surface area (TPSA) is 58.2 Å². The molecule has 2 aromatic carbocycles. The van der Waals surface area contributed by atoms with Crippen LogP contribution in [0.3, 0.4) is 0 Å². The van der Waals surface area contributed by atoms with Crippen LogP contribution in [0.5, 0.6) is 0 Å². The molecule has 13 heteroatoms. The average Bonchev–Trinajstić information content (AvgIpc) is 2.59. The Kier molecular flexibility index (Phi) is 6.05. The van der Waals surface area contributed by atoms with E-state index in [-0.39, 0.29) is 18.2 Å². The lowest BCUT2D eigenvalue weighted by Gasteiger charge is -2.15. The summed E-state index contributed by atoms with van der Waals surface area (Å²) in [5.74, 6) is -3.31. The van der Waals surface area contributed by atoms with Crippen LogP contribution in [0.25, 0.3) is 0 Å². The highest BCUT2D eigenvalue weighted by molar-refractivity contribution is 6.43. The fourth-order valence-electron chi connectivity index (χ4n) is 2.18. The van der Waals surface area contributed by atoms with Crippen molar-refractivity contribution in [3.8, 4) is 0 Å². The van der Waals surface area contributed by atoms with Gasteiger partial charge in [-0.2, -0.15) is 39.5 Å². The van der Waals surface area contributed by atoms with Crippen LogP contribution in [0.2, 0.25) is 0 Å². The molecule has 0 heterocycles. The van der Waals surface area contributed by atoms with Crippen molar-refractivity contribution < 1.29 is 49.1 Å². The molecule has 0 fully saturated rings. The Labute approximate surface area is 161 Å². The average molecular weight is 444 g/mol. The minimum atomic E-state index is -5.18. The summed E-state index contributed by atoms with van der Waals surface area (Å²) in [4.78, 5) is 23.6. The van der Waals surface area contributed by atoms with Gasteiger partial charge in [0.1, 0.15) is 0 Å². The third-order valence-corrected chi connectivity index (χ3v) is 3.50. The van der Waals surface area contributed by atoms with E-state index in [1.807, 2.05) is 0 Å². The molecule has 0 aliphatic rings. The van der Waals surface area contributed by atoms with Crippen molar-refractivity contribution in [1.82, 2.24) is 0 Å². The Balaban J connectivity index is 2.24. The molecule has 0 bridgehead atoms. The van der Waals surface area contributed by atoms with E-state index < -0.39 is 58.4 Å². The molecule has 0 spiro atoms. The van der Waals surface area contributed by atoms with Gasteiger partial charge in [0.15, 0.2) is 0 Å². The molecule has 0 saturated carbocycles. The Bertz CT molecular complexity index is 931. The van der Waals surface area contributed by atoms with E-state index in [0.717, 1.165) is 12.1 Å². The predicted molar refractivity (Wildman–Crippen MR) is 85.1 cm³/mol. The molecule has 2 N–H and O–H groups in total. The second kappa shape index (κ2) is 7.88. The van der Waals surface area contributed by atoms with Gasteiger partial charge in [0, 0.05) is 11.4 Å². The number of benzene rings is 2. The van der Waals surface area contributed by atoms with Crippen LogP contribution in [0, 0.1) is 0 Å². The predicted octanol–water partition coefficient (Wildman–Crippen LogP) is 5.32. The van der Waals surface area contributed by atoms with Crippen LogP contribution in [-0.2, 0) is 28.1 Å². The molecular formula is C17H9F9N2O2. The van der Waals surface area contributed by atoms with Gasteiger partial charge in [0.05, 0.1) is 16.7 Å². The molecule has 0 aromatic heterocycles. The van der Waals surface area contributed by atoms with E-state index in [2.05, 4.69) is 0 Å². The number of hydrogen-bond acceptors (Lipinski definition) is 2. The van der Waals surface area contributed by atoms with Crippen molar-refractivity contribution in [1.29, 1.82) is 0 Å². The number of halogens is 9. The lowest BCUT2D eigenvalue weighted by molar-refractivity contribution is -0.143. The van der Waals surface area contributed by atoms with Crippen LogP contribution in [-0.4, -0.2) is 11.8 Å². The van der Waals surface area contributed by atoms with Crippen molar-refractivity contribution >= 4 is 23.2 Å². The second-order valence-corrected chi connectivity index (χ2v) is 5.78. The minimum Gasteiger partial charge on any atom is -0.318 e. The van der Waals surface area contributed by atoms with Gasteiger partial charge in [-0.05, 0) is 36.4 Å². The van der Waals surface area contributed by atoms with Gasteiger partial charge >= 0.3 is 30.3 Å². The molecule has 2 rings (SSSR count). The normalized spacial score (nSPS) is 12.4. The van der Waals surface area contributed by atoms with Gasteiger partial charge < -0.3 is 10.6 Å². The number of alkyl halides is 9. The summed E-state index contributed by atoms with van der Waals surface area (Å²) in [6.07, 6.45) is -15.1. The quantitative estimate of drug-likeness (QED) is 0.487. The molecule has 162 valence electrons. The zero-order valence-corrected chi connectivity index (χ0v) is 14.3. The summed E-state index contributed by atoms with van der Waals surface area (Å²) in [6, 6.07) is 3.23. The summed E-state index contributed by atoms with van der Waals surface area (Å²) >= 11 is 0. The van der Waals surface area contributed by atoms with Crippen molar-refractivity contribution in [2.45, 2.75) is 18.5 Å². The summed E-state index contributed by atoms with van der Waals surface area (Å²) in [6.45, 7) is 0. The van der Waals surface area contributed by atoms with Crippen LogP contribution in [0.4, 0.5) is 50.9 Å². The maximum atomic E-state index is 12.8. The molecule has 0 saturated heterocycles. The van der Waals surface area contributed by atoms with E-state index in [9.17, 15) is 49.1 Å². The Hall–Kier alpha value is -3.25. The summed E-state index contributed by atoms with van der Waals surface area (Å²) < 4.78 is 115. The lowest BCUT2D eigenvalue weighted by atomic mass is 10.1. The fraction of sp³-hybridized carbons (Fsp3) is 0.176. The summed E-state index contributed by atoms with van der Waals surface area (Å²) in [5.41, 5.74) is -6.07. The van der Waals surface area contributed by atoms with Crippen LogP contribution in [0.1, 0.15) is 16.7 Å². The van der Waals surface area contributed by atoms with Crippen molar-refractivity contribution in [2.24, 2.45) is 0 Å². The molecule has 0 radical (unpaired) electrons. The van der Waals surface area contributed by atoms with Crippen LogP contribution in [0.15, 0.2) is 42.5 Å². The van der Waals surface area contributed by atoms with Crippen molar-refractivity contribution in [3.63, 3.8) is 0 Å². The minimum absolute atomic E-state index is 0.171. The van der Waals surface area contributed by atoms with E-state index >= 15 is 0 Å². The smallest absolute Gasteiger partial charge is 0.318 e. The zero-order valence-electron chi connectivity index (χ0n) is 14.3. The Morgan fingerprint density at radius 1 is 0.567 bits per heavy atom. The third-order valence-electron chi connectivity index (χ3n) is 3.50. The molecule has 2 amide bonds. The van der Waals surface area contributed by atoms with Gasteiger partial charge in [-0.15, -0.1) is 0 Å². The Morgan fingerprint density at radius 2 is 0.967 bits per heavy atom. The van der Waals surface area contributed by atoms with Gasteiger partial charge in [0.2, 0.25) is 0 Å². The maximum absolute atomic E-state index is 12.8. The van der Waals surface area contributed by atoms with Crippen molar-refractivity contribution in [2.75, 3.05) is 10.6 Å². The molecular weight excluding hydrogens is 435 g/mol. The van der Waals surface area contributed by atoms with E-state index in [0.29, 0.717) is 12.1 Å². The summed E-state index contributed by atoms with van der Waals surface area (Å²) in [5, 5.41) is 3.33. The highest BCUT2D eigenvalue weighted by Crippen LogP contribution is 2.37. The van der Waals surface area contributed by atoms with Gasteiger partial charge in [-0.25, -0.2) is 0 Å². The molecule has 0 aliphatic carbocycles. The number of carbonyl (C=O) groups excluding carboxylic acids is 2. The van der Waals surface area contributed by atoms with Gasteiger partial charge in [0.25, 0.3) is 0 Å². The standard InChI is InChI=1S/C17H9F9N2O2/c18-15(19,20)8-2-1-3-11(5-8)27-13(29)14(30)28-12-6-9(16(21,22)23)4-10(7-12)17(24,25)26/h1-7H,(H,27,29)(H,28,30). The highest BCUT2D eigenvalue weighted by Gasteiger charge is 2.37. The highest BCUT2D eigenvalue weighted by atomic mass is 19.4. The Morgan fingerprint density at radius 3 is 1.40 bits per heavy atom. The molecule has 0 unspecified atom stereocenters. The summed E-state index contributed by atoms with van der Waals surface area (Å²) in [7, 11) is 0. The SMILES string of the molecule is O=C(Nc1cccc(C(F)(F)F)c1)C(=O)Nc1cc(C(F)(F)F)cc(C(F)(F)F)c1. The maximum Gasteiger partial charge on any atom is 0.416 e. The van der Waals surface area contributed by atoms with E-state index in [1.165, 1.54) is 0 Å². The number of anilines is 2. The van der Waals surface area contributed by atoms with Crippen LogP contribution >= 0.6 is 0 Å². The van der Waals surface area contributed by atoms with Crippen molar-refractivity contribution in [3.05, 3.63) is 59.2 Å². The molecule has 30 heavy (non-hydrogen) atoms. The number of carbonyl (C=O) groups is 2. The van der Waals surface area contributed by atoms with Gasteiger partial charge in [-0.1, -0.05) is 6.07 Å². The van der Waals surface area contributed by atoms with Gasteiger partial charge in [-0.3, -0.25) is 9.59 Å². The first kappa shape index (κ1) is 23.0. The number of hydrogen-bond donors (Lipinski definition) is 2. The second-order valence-electron chi connectivity index (χ2n) is 5.78. The molecule has 0 aliphatic heterocycles. The fourth-order valence-corrected chi connectivity index (χ4v) is 2.18. The first-order valence-electron chi connectivity index (χ1n) is 7.66. The first-order valence-corrected chi connectivity index (χ1v) is 7.66. The number of rotatable bonds is 2. The molecule has 4 nitrogen and oxygen atoms in total. The third kappa shape index (κ3) is 5.87. The number of nitrogens with one attached hydrogen (secondary N) is 2. The lowest BCUT2D eigenvalue weighted by Crippen LogP contribution is -2.29. The monoisotopic (exact) mass is 444 g/mol. The number of amides is 2. The molecule has 0 atom stereocenters. The largest absolute Gasteiger partial charge is 0.416 e. The van der Waals surface area contributed by atoms with E-state index in [4.69, 9.17) is 0 Å². The first-order chi connectivity index (χ1) is 13.6. The van der Waals surface area contributed by atoms with E-state index in [1.54, 1.807) is 10.6 Å². The molecule has 2 aromatic rings.